The van der Waals surface area contributed by atoms with Crippen molar-refractivity contribution in [1.82, 2.24) is 4.98 Å². The molecule has 0 atom stereocenters. The van der Waals surface area contributed by atoms with Gasteiger partial charge in [0, 0.05) is 24.2 Å². The number of benzene rings is 1. The van der Waals surface area contributed by atoms with Crippen molar-refractivity contribution in [3.05, 3.63) is 36.0 Å². The van der Waals surface area contributed by atoms with Crippen molar-refractivity contribution in [1.29, 1.82) is 0 Å². The lowest BCUT2D eigenvalue weighted by atomic mass is 10.1. The lowest BCUT2D eigenvalue weighted by Gasteiger charge is -2.10. The zero-order valence-electron chi connectivity index (χ0n) is 11.2. The molecule has 0 aliphatic carbocycles. The molecule has 0 saturated carbocycles. The number of para-hydroxylation sites is 1. The predicted molar refractivity (Wildman–Crippen MR) is 78.1 cm³/mol. The number of carboxylic acid groups (broad SMARTS) is 1. The quantitative estimate of drug-likeness (QED) is 0.676. The first-order chi connectivity index (χ1) is 9.72. The summed E-state index contributed by atoms with van der Waals surface area (Å²) < 4.78 is 0. The van der Waals surface area contributed by atoms with E-state index in [2.05, 4.69) is 10.3 Å². The number of rotatable bonds is 7. The van der Waals surface area contributed by atoms with Crippen LogP contribution in [0.5, 0.6) is 0 Å². The highest BCUT2D eigenvalue weighted by Gasteiger charge is 2.10. The fraction of sp³-hybridized carbons (Fsp3) is 0.333. The molecule has 106 valence electrons. The van der Waals surface area contributed by atoms with E-state index in [0.717, 1.165) is 36.9 Å². The second-order valence-corrected chi connectivity index (χ2v) is 4.59. The fourth-order valence-corrected chi connectivity index (χ4v) is 2.07. The minimum Gasteiger partial charge on any atom is -0.477 e. The number of aliphatic hydroxyl groups is 1. The van der Waals surface area contributed by atoms with E-state index in [1.807, 2.05) is 18.2 Å². The van der Waals surface area contributed by atoms with E-state index < -0.39 is 5.97 Å². The van der Waals surface area contributed by atoms with E-state index in [-0.39, 0.29) is 12.3 Å². The topological polar surface area (TPSA) is 82.5 Å². The first-order valence-electron chi connectivity index (χ1n) is 6.70. The van der Waals surface area contributed by atoms with Gasteiger partial charge in [-0.15, -0.1) is 0 Å². The van der Waals surface area contributed by atoms with Crippen LogP contribution in [0.2, 0.25) is 0 Å². The third-order valence-electron chi connectivity index (χ3n) is 3.09. The molecule has 0 unspecified atom stereocenters. The van der Waals surface area contributed by atoms with Gasteiger partial charge in [0.1, 0.15) is 0 Å². The zero-order valence-corrected chi connectivity index (χ0v) is 11.2. The van der Waals surface area contributed by atoms with Crippen LogP contribution in [-0.2, 0) is 0 Å². The number of pyridine rings is 1. The lowest BCUT2D eigenvalue weighted by Crippen LogP contribution is -2.06. The lowest BCUT2D eigenvalue weighted by molar-refractivity contribution is 0.0691. The van der Waals surface area contributed by atoms with Gasteiger partial charge < -0.3 is 15.5 Å². The van der Waals surface area contributed by atoms with E-state index >= 15 is 0 Å². The molecular weight excluding hydrogens is 256 g/mol. The average Bonchev–Trinajstić information content (AvgIpc) is 2.46. The minimum absolute atomic E-state index is 0.0431. The van der Waals surface area contributed by atoms with Crippen molar-refractivity contribution in [3.63, 3.8) is 0 Å². The summed E-state index contributed by atoms with van der Waals surface area (Å²) in [5, 5.41) is 22.0. The maximum Gasteiger partial charge on any atom is 0.354 e. The van der Waals surface area contributed by atoms with E-state index in [9.17, 15) is 4.79 Å². The van der Waals surface area contributed by atoms with Crippen LogP contribution in [0.3, 0.4) is 0 Å². The summed E-state index contributed by atoms with van der Waals surface area (Å²) in [6, 6.07) is 9.03. The molecule has 0 aliphatic heterocycles. The van der Waals surface area contributed by atoms with Gasteiger partial charge in [-0.25, -0.2) is 9.78 Å². The second kappa shape index (κ2) is 6.86. The van der Waals surface area contributed by atoms with Crippen LogP contribution in [0.4, 0.5) is 5.69 Å². The van der Waals surface area contributed by atoms with E-state index in [1.165, 1.54) is 0 Å². The smallest absolute Gasteiger partial charge is 0.354 e. The summed E-state index contributed by atoms with van der Waals surface area (Å²) >= 11 is 0. The normalized spacial score (nSPS) is 10.7. The van der Waals surface area contributed by atoms with Crippen molar-refractivity contribution >= 4 is 22.6 Å². The molecule has 3 N–H and O–H groups in total. The molecule has 0 spiro atoms. The van der Waals surface area contributed by atoms with Gasteiger partial charge in [0.2, 0.25) is 0 Å². The van der Waals surface area contributed by atoms with E-state index in [4.69, 9.17) is 10.2 Å². The van der Waals surface area contributed by atoms with E-state index in [0.29, 0.717) is 5.52 Å². The Morgan fingerprint density at radius 1 is 1.20 bits per heavy atom. The van der Waals surface area contributed by atoms with Gasteiger partial charge in [0.25, 0.3) is 0 Å². The molecule has 0 amide bonds. The third-order valence-corrected chi connectivity index (χ3v) is 3.09. The maximum atomic E-state index is 11.1. The largest absolute Gasteiger partial charge is 0.477 e. The SMILES string of the molecule is O=C(O)c1cc(NCCCCCO)c2ccccc2n1. The van der Waals surface area contributed by atoms with Crippen LogP contribution in [0.25, 0.3) is 10.9 Å². The molecule has 0 saturated heterocycles. The monoisotopic (exact) mass is 274 g/mol. The number of fused-ring (bicyclic) bond motifs is 1. The molecule has 2 aromatic rings. The molecule has 0 fully saturated rings. The van der Waals surface area contributed by atoms with Gasteiger partial charge in [-0.05, 0) is 31.4 Å². The second-order valence-electron chi connectivity index (χ2n) is 4.59. The Morgan fingerprint density at radius 3 is 2.75 bits per heavy atom. The van der Waals surface area contributed by atoms with Crippen molar-refractivity contribution < 1.29 is 15.0 Å². The van der Waals surface area contributed by atoms with Crippen LogP contribution in [0.1, 0.15) is 29.8 Å². The average molecular weight is 274 g/mol. The highest BCUT2D eigenvalue weighted by Crippen LogP contribution is 2.23. The number of anilines is 1. The number of aromatic nitrogens is 1. The molecule has 1 heterocycles. The van der Waals surface area contributed by atoms with Crippen molar-refractivity contribution in [2.24, 2.45) is 0 Å². The van der Waals surface area contributed by atoms with Gasteiger partial charge in [-0.1, -0.05) is 18.2 Å². The van der Waals surface area contributed by atoms with Gasteiger partial charge in [0.15, 0.2) is 5.69 Å². The Balaban J connectivity index is 2.19. The summed E-state index contributed by atoms with van der Waals surface area (Å²) in [7, 11) is 0. The van der Waals surface area contributed by atoms with Crippen LogP contribution < -0.4 is 5.32 Å². The minimum atomic E-state index is -1.03. The summed E-state index contributed by atoms with van der Waals surface area (Å²) in [6.45, 7) is 0.953. The summed E-state index contributed by atoms with van der Waals surface area (Å²) in [6.07, 6.45) is 2.66. The van der Waals surface area contributed by atoms with Crippen molar-refractivity contribution in [2.75, 3.05) is 18.5 Å². The Morgan fingerprint density at radius 2 is 2.00 bits per heavy atom. The van der Waals surface area contributed by atoms with Gasteiger partial charge in [-0.3, -0.25) is 0 Å². The molecule has 5 heteroatoms. The summed E-state index contributed by atoms with van der Waals surface area (Å²) in [5.41, 5.74) is 1.50. The Bertz CT molecular complexity index is 599. The van der Waals surface area contributed by atoms with Gasteiger partial charge in [0.05, 0.1) is 5.52 Å². The van der Waals surface area contributed by atoms with Crippen molar-refractivity contribution in [3.8, 4) is 0 Å². The summed E-state index contributed by atoms with van der Waals surface area (Å²) in [5.74, 6) is -1.03. The van der Waals surface area contributed by atoms with Crippen LogP contribution in [0.15, 0.2) is 30.3 Å². The molecule has 0 bridgehead atoms. The predicted octanol–water partition coefficient (Wildman–Crippen LogP) is 2.51. The molecule has 20 heavy (non-hydrogen) atoms. The number of carboxylic acids is 1. The zero-order chi connectivity index (χ0) is 14.4. The first kappa shape index (κ1) is 14.3. The Hall–Kier alpha value is -2.14. The van der Waals surface area contributed by atoms with Crippen LogP contribution in [0, 0.1) is 0 Å². The van der Waals surface area contributed by atoms with E-state index in [1.54, 1.807) is 12.1 Å². The number of unbranched alkanes of at least 4 members (excludes halogenated alkanes) is 2. The molecule has 5 nitrogen and oxygen atoms in total. The first-order valence-corrected chi connectivity index (χ1v) is 6.70. The Kier molecular flexibility index (Phi) is 4.90. The number of hydrogen-bond acceptors (Lipinski definition) is 4. The highest BCUT2D eigenvalue weighted by molar-refractivity contribution is 5.97. The Labute approximate surface area is 117 Å². The number of aromatic carboxylic acids is 1. The molecule has 0 aliphatic rings. The molecule has 1 aromatic heterocycles. The summed E-state index contributed by atoms with van der Waals surface area (Å²) in [4.78, 5) is 15.2. The number of nitrogens with one attached hydrogen (secondary N) is 1. The van der Waals surface area contributed by atoms with Gasteiger partial charge in [-0.2, -0.15) is 0 Å². The number of hydrogen-bond donors (Lipinski definition) is 3. The highest BCUT2D eigenvalue weighted by atomic mass is 16.4. The van der Waals surface area contributed by atoms with Gasteiger partial charge >= 0.3 is 5.97 Å². The standard InChI is InChI=1S/C15H18N2O3/c18-9-5-1-4-8-16-13-10-14(15(19)20)17-12-7-3-2-6-11(12)13/h2-3,6-7,10,18H,1,4-5,8-9H2,(H,16,17)(H,19,20). The number of nitrogens with zero attached hydrogens (tertiary/aromatic N) is 1. The molecule has 0 radical (unpaired) electrons. The molecule has 2 rings (SSSR count). The molecular formula is C15H18N2O3. The van der Waals surface area contributed by atoms with Crippen LogP contribution in [-0.4, -0.2) is 34.3 Å². The van der Waals surface area contributed by atoms with Crippen molar-refractivity contribution in [2.45, 2.75) is 19.3 Å². The number of carbonyl (C=O) groups is 1. The molecule has 1 aromatic carbocycles. The third kappa shape index (κ3) is 3.45. The number of aliphatic hydroxyl groups excluding tert-OH is 1. The fourth-order valence-electron chi connectivity index (χ4n) is 2.07. The maximum absolute atomic E-state index is 11.1. The van der Waals surface area contributed by atoms with Crippen LogP contribution >= 0.6 is 0 Å².